The summed E-state index contributed by atoms with van der Waals surface area (Å²) in [7, 11) is 3.38. The van der Waals surface area contributed by atoms with Crippen LogP contribution in [0.3, 0.4) is 0 Å². The first-order valence-electron chi connectivity index (χ1n) is 12.2. The molecule has 10 heteroatoms. The Hall–Kier alpha value is -3.02. The van der Waals surface area contributed by atoms with E-state index in [1.807, 2.05) is 0 Å². The number of phenolic OH excluding ortho intramolecular Hbond substituents is 2. The number of hydrogen-bond acceptors (Lipinski definition) is 10. The second kappa shape index (κ2) is 7.52. The fourth-order valence-corrected chi connectivity index (χ4v) is 6.43. The first-order chi connectivity index (χ1) is 17.3. The van der Waals surface area contributed by atoms with Gasteiger partial charge in [-0.2, -0.15) is 0 Å². The number of aromatic hydroxyl groups is 2. The van der Waals surface area contributed by atoms with Gasteiger partial charge in [0, 0.05) is 17.5 Å². The highest BCUT2D eigenvalue weighted by molar-refractivity contribution is 6.31. The highest BCUT2D eigenvalue weighted by Crippen LogP contribution is 2.53. The molecule has 0 radical (unpaired) electrons. The lowest BCUT2D eigenvalue weighted by Gasteiger charge is -2.53. The highest BCUT2D eigenvalue weighted by atomic mass is 16.7. The second-order valence-electron chi connectivity index (χ2n) is 11.2. The van der Waals surface area contributed by atoms with Crippen LogP contribution >= 0.6 is 0 Å². The van der Waals surface area contributed by atoms with Crippen molar-refractivity contribution in [2.24, 2.45) is 0 Å². The predicted molar refractivity (Wildman–Crippen MR) is 128 cm³/mol. The van der Waals surface area contributed by atoms with Crippen molar-refractivity contribution in [3.63, 3.8) is 0 Å². The van der Waals surface area contributed by atoms with Crippen LogP contribution in [-0.2, 0) is 23.2 Å². The third-order valence-corrected chi connectivity index (χ3v) is 8.41. The Morgan fingerprint density at radius 2 is 1.73 bits per heavy atom. The monoisotopic (exact) mass is 511 g/mol. The number of phenols is 2. The van der Waals surface area contributed by atoms with Gasteiger partial charge in [0.1, 0.15) is 35.1 Å². The van der Waals surface area contributed by atoms with Gasteiger partial charge < -0.3 is 39.9 Å². The summed E-state index contributed by atoms with van der Waals surface area (Å²) in [5.74, 6) is -2.28. The van der Waals surface area contributed by atoms with Gasteiger partial charge in [0.25, 0.3) is 0 Å². The van der Waals surface area contributed by atoms with Crippen molar-refractivity contribution in [2.75, 3.05) is 14.1 Å². The van der Waals surface area contributed by atoms with Crippen molar-refractivity contribution in [1.82, 2.24) is 4.90 Å². The fraction of sp³-hybridized carbons (Fsp3) is 0.481. The smallest absolute Gasteiger partial charge is 0.228 e. The van der Waals surface area contributed by atoms with Gasteiger partial charge in [0.05, 0.1) is 28.3 Å². The topological polar surface area (TPSA) is 157 Å². The van der Waals surface area contributed by atoms with Gasteiger partial charge in [0.2, 0.25) is 12.1 Å². The molecule has 2 bridgehead atoms. The Labute approximate surface area is 212 Å². The minimum atomic E-state index is -1.47. The van der Waals surface area contributed by atoms with Crippen molar-refractivity contribution in [2.45, 2.75) is 68.9 Å². The van der Waals surface area contributed by atoms with Crippen LogP contribution in [0.2, 0.25) is 0 Å². The summed E-state index contributed by atoms with van der Waals surface area (Å²) in [5, 5.41) is 54.8. The summed E-state index contributed by atoms with van der Waals surface area (Å²) in [5.41, 5.74) is -2.04. The van der Waals surface area contributed by atoms with Gasteiger partial charge in [0.15, 0.2) is 5.78 Å². The maximum atomic E-state index is 13.9. The number of rotatable bonds is 1. The van der Waals surface area contributed by atoms with Gasteiger partial charge in [-0.1, -0.05) is 0 Å². The number of ketones is 2. The standard InChI is InChI=1S/C27H29NO9/c1-26(35)6-5-11-10(9-26)7-12-15(19(11)30)21(32)16-14(29)8-13-23(17(16)20(12)31)36-25-22(33)18(28(3)4)24(34)27(13,2)37-25/h7-8,18,22,24-25,29-30,33-35H,5-6,9H2,1-4H3/t18-,22-,24+,25+,26-,27+/m0/s1. The lowest BCUT2D eigenvalue weighted by atomic mass is 9.73. The van der Waals surface area contributed by atoms with Crippen molar-refractivity contribution in [1.29, 1.82) is 0 Å². The van der Waals surface area contributed by atoms with E-state index in [1.54, 1.807) is 32.8 Å². The summed E-state index contributed by atoms with van der Waals surface area (Å²) in [6.07, 6.45) is -2.89. The molecule has 1 saturated heterocycles. The van der Waals surface area contributed by atoms with Crippen LogP contribution in [0.4, 0.5) is 0 Å². The van der Waals surface area contributed by atoms with E-state index in [-0.39, 0.29) is 45.7 Å². The Bertz CT molecular complexity index is 1400. The molecule has 37 heavy (non-hydrogen) atoms. The first kappa shape index (κ1) is 24.3. The van der Waals surface area contributed by atoms with E-state index in [4.69, 9.17) is 9.47 Å². The molecule has 2 aromatic rings. The van der Waals surface area contributed by atoms with Gasteiger partial charge in [-0.3, -0.25) is 9.59 Å². The maximum absolute atomic E-state index is 13.9. The van der Waals surface area contributed by atoms with Crippen LogP contribution < -0.4 is 4.74 Å². The molecule has 2 aliphatic carbocycles. The van der Waals surface area contributed by atoms with E-state index in [0.717, 1.165) is 0 Å². The first-order valence-corrected chi connectivity index (χ1v) is 12.2. The number of likely N-dealkylation sites (N-methyl/N-ethyl adjacent to an activating group) is 1. The Morgan fingerprint density at radius 3 is 2.41 bits per heavy atom. The molecule has 0 saturated carbocycles. The Morgan fingerprint density at radius 1 is 1.03 bits per heavy atom. The van der Waals surface area contributed by atoms with Crippen LogP contribution in [0.25, 0.3) is 0 Å². The van der Waals surface area contributed by atoms with E-state index in [0.29, 0.717) is 24.0 Å². The average molecular weight is 512 g/mol. The molecule has 196 valence electrons. The molecule has 4 aliphatic rings. The zero-order chi connectivity index (χ0) is 26.8. The number of fused-ring (bicyclic) bond motifs is 8. The summed E-state index contributed by atoms with van der Waals surface area (Å²) < 4.78 is 11.9. The molecule has 0 spiro atoms. The van der Waals surface area contributed by atoms with E-state index in [1.165, 1.54) is 12.1 Å². The molecule has 2 aliphatic heterocycles. The summed E-state index contributed by atoms with van der Waals surface area (Å²) >= 11 is 0. The maximum Gasteiger partial charge on any atom is 0.228 e. The molecule has 0 unspecified atom stereocenters. The van der Waals surface area contributed by atoms with E-state index in [9.17, 15) is 35.1 Å². The molecular formula is C27H29NO9. The summed E-state index contributed by atoms with van der Waals surface area (Å²) in [4.78, 5) is 29.3. The van der Waals surface area contributed by atoms with Gasteiger partial charge in [-0.15, -0.1) is 0 Å². The molecule has 2 aromatic carbocycles. The van der Waals surface area contributed by atoms with Crippen LogP contribution in [0.5, 0.6) is 17.2 Å². The molecular weight excluding hydrogens is 482 g/mol. The zero-order valence-corrected chi connectivity index (χ0v) is 20.9. The zero-order valence-electron chi connectivity index (χ0n) is 20.9. The van der Waals surface area contributed by atoms with Gasteiger partial charge in [-0.25, -0.2) is 0 Å². The predicted octanol–water partition coefficient (Wildman–Crippen LogP) is 0.729. The molecule has 5 N–H and O–H groups in total. The molecule has 6 rings (SSSR count). The fourth-order valence-electron chi connectivity index (χ4n) is 6.43. The molecule has 1 fully saturated rings. The molecule has 10 nitrogen and oxygen atoms in total. The minimum Gasteiger partial charge on any atom is -0.507 e. The largest absolute Gasteiger partial charge is 0.507 e. The third-order valence-electron chi connectivity index (χ3n) is 8.41. The van der Waals surface area contributed by atoms with Crippen molar-refractivity contribution in [3.05, 3.63) is 51.1 Å². The highest BCUT2D eigenvalue weighted by Gasteiger charge is 2.59. The molecule has 0 aromatic heterocycles. The number of carbonyl (C=O) groups excluding carboxylic acids is 2. The lowest BCUT2D eigenvalue weighted by molar-refractivity contribution is -0.311. The SMILES string of the molecule is CN(C)[C@H]1[C@H](O)[C@@H]2Oc3c(cc(O)c4c3C(=O)c3cc5c(c(O)c3C4=O)CC[C@](C)(O)C5)[C@@](C)(O2)[C@@H]1O. The van der Waals surface area contributed by atoms with Crippen LogP contribution in [0.1, 0.15) is 68.8 Å². The number of ether oxygens (including phenoxy) is 2. The van der Waals surface area contributed by atoms with Crippen molar-refractivity contribution in [3.8, 4) is 17.2 Å². The lowest BCUT2D eigenvalue weighted by Crippen LogP contribution is -2.68. The number of carbonyl (C=O) groups is 2. The quantitative estimate of drug-likeness (QED) is 0.315. The van der Waals surface area contributed by atoms with Crippen molar-refractivity contribution >= 4 is 11.6 Å². The summed E-state index contributed by atoms with van der Waals surface area (Å²) in [6.45, 7) is 3.25. The molecule has 6 atom stereocenters. The van der Waals surface area contributed by atoms with Gasteiger partial charge in [-0.05, 0) is 64.0 Å². The second-order valence-corrected chi connectivity index (χ2v) is 11.2. The number of nitrogens with zero attached hydrogens (tertiary/aromatic N) is 1. The van der Waals surface area contributed by atoms with E-state index >= 15 is 0 Å². The number of aliphatic hydroxyl groups is 3. The summed E-state index contributed by atoms with van der Waals surface area (Å²) in [6, 6.07) is 1.98. The minimum absolute atomic E-state index is 0.0584. The van der Waals surface area contributed by atoms with Crippen LogP contribution in [0.15, 0.2) is 12.1 Å². The Balaban J connectivity index is 1.57. The van der Waals surface area contributed by atoms with Gasteiger partial charge >= 0.3 is 0 Å². The third kappa shape index (κ3) is 3.10. The van der Waals surface area contributed by atoms with Crippen molar-refractivity contribution < 1.29 is 44.6 Å². The molecule has 0 amide bonds. The Kier molecular flexibility index (Phi) is 4.94. The molecule has 2 heterocycles. The number of hydrogen-bond donors (Lipinski definition) is 5. The average Bonchev–Trinajstić information content (AvgIpc) is 2.80. The number of benzene rings is 2. The van der Waals surface area contributed by atoms with E-state index in [2.05, 4.69) is 0 Å². The van der Waals surface area contributed by atoms with Crippen LogP contribution in [-0.4, -0.2) is 86.2 Å². The van der Waals surface area contributed by atoms with Crippen LogP contribution in [0, 0.1) is 0 Å². The van der Waals surface area contributed by atoms with E-state index < -0.39 is 53.1 Å². The normalized spacial score (nSPS) is 33.8. The number of aliphatic hydroxyl groups excluding tert-OH is 2.